The van der Waals surface area contributed by atoms with Crippen molar-refractivity contribution < 1.29 is 18.8 Å². The topological polar surface area (TPSA) is 84.7 Å². The SMILES string of the molecule is Cc1onc(C(C)(C)C)c1C(=O)N(C)CC(C)NC(=O)OC(C)(C)C. The van der Waals surface area contributed by atoms with Crippen molar-refractivity contribution in [3.05, 3.63) is 17.0 Å². The van der Waals surface area contributed by atoms with E-state index in [1.807, 2.05) is 27.7 Å². The number of carbonyl (C=O) groups excluding carboxylic acids is 2. The minimum absolute atomic E-state index is 0.179. The van der Waals surface area contributed by atoms with E-state index in [9.17, 15) is 9.59 Å². The summed E-state index contributed by atoms with van der Waals surface area (Å²) in [5.41, 5.74) is 0.255. The molecular formula is C18H31N3O4. The van der Waals surface area contributed by atoms with E-state index in [1.165, 1.54) is 0 Å². The minimum atomic E-state index is -0.563. The van der Waals surface area contributed by atoms with E-state index in [-0.39, 0.29) is 17.4 Å². The van der Waals surface area contributed by atoms with Crippen LogP contribution in [0.15, 0.2) is 4.52 Å². The Hall–Kier alpha value is -2.05. The molecule has 0 aliphatic rings. The van der Waals surface area contributed by atoms with Crippen LogP contribution in [0.4, 0.5) is 4.79 Å². The Balaban J connectivity index is 2.78. The summed E-state index contributed by atoms with van der Waals surface area (Å²) in [5.74, 6) is 0.316. The van der Waals surface area contributed by atoms with Crippen LogP contribution in [0.2, 0.25) is 0 Å². The standard InChI is InChI=1S/C18H31N3O4/c1-11(19-16(23)24-18(6,7)8)10-21(9)15(22)13-12(2)25-20-14(13)17(3,4)5/h11H,10H2,1-9H3,(H,19,23). The summed E-state index contributed by atoms with van der Waals surface area (Å²) in [4.78, 5) is 26.2. The number of rotatable bonds is 4. The fourth-order valence-electron chi connectivity index (χ4n) is 2.37. The number of aryl methyl sites for hydroxylation is 1. The molecule has 0 saturated carbocycles. The summed E-state index contributed by atoms with van der Waals surface area (Å²) >= 11 is 0. The van der Waals surface area contributed by atoms with Crippen molar-refractivity contribution in [3.8, 4) is 0 Å². The summed E-state index contributed by atoms with van der Waals surface area (Å²) in [6.07, 6.45) is -0.502. The molecule has 0 fully saturated rings. The predicted octanol–water partition coefficient (Wildman–Crippen LogP) is 3.27. The van der Waals surface area contributed by atoms with Crippen LogP contribution in [0.5, 0.6) is 0 Å². The Kier molecular flexibility index (Phi) is 6.26. The van der Waals surface area contributed by atoms with Crippen molar-refractivity contribution in [2.75, 3.05) is 13.6 Å². The normalized spacial score (nSPS) is 13.3. The van der Waals surface area contributed by atoms with Crippen LogP contribution in [-0.2, 0) is 10.2 Å². The van der Waals surface area contributed by atoms with Crippen LogP contribution >= 0.6 is 0 Å². The molecule has 25 heavy (non-hydrogen) atoms. The molecule has 0 bridgehead atoms. The first-order valence-electron chi connectivity index (χ1n) is 8.44. The number of ether oxygens (including phenoxy) is 1. The number of aromatic nitrogens is 1. The molecule has 0 aliphatic carbocycles. The van der Waals surface area contributed by atoms with Crippen molar-refractivity contribution in [2.24, 2.45) is 0 Å². The van der Waals surface area contributed by atoms with Crippen LogP contribution < -0.4 is 5.32 Å². The highest BCUT2D eigenvalue weighted by Gasteiger charge is 2.31. The second-order valence-corrected chi connectivity index (χ2v) is 8.45. The van der Waals surface area contributed by atoms with Crippen molar-refractivity contribution in [1.29, 1.82) is 0 Å². The molecule has 1 aromatic rings. The first-order valence-corrected chi connectivity index (χ1v) is 8.44. The summed E-state index contributed by atoms with van der Waals surface area (Å²) in [6, 6.07) is -0.262. The highest BCUT2D eigenvalue weighted by Crippen LogP contribution is 2.27. The number of amides is 2. The molecule has 1 rings (SSSR count). The molecule has 7 heteroatoms. The quantitative estimate of drug-likeness (QED) is 0.898. The first kappa shape index (κ1) is 21.0. The van der Waals surface area contributed by atoms with Crippen molar-refractivity contribution >= 4 is 12.0 Å². The number of carbonyl (C=O) groups is 2. The van der Waals surface area contributed by atoms with Crippen LogP contribution in [0.3, 0.4) is 0 Å². The second kappa shape index (κ2) is 7.45. The summed E-state index contributed by atoms with van der Waals surface area (Å²) in [5, 5.41) is 6.78. The average Bonchev–Trinajstić information content (AvgIpc) is 2.76. The first-order chi connectivity index (χ1) is 11.2. The molecule has 2 amide bonds. The molecule has 0 aliphatic heterocycles. The lowest BCUT2D eigenvalue weighted by molar-refractivity contribution is 0.0491. The number of nitrogens with zero attached hydrogens (tertiary/aromatic N) is 2. The zero-order valence-electron chi connectivity index (χ0n) is 16.8. The van der Waals surface area contributed by atoms with E-state index in [2.05, 4.69) is 10.5 Å². The van der Waals surface area contributed by atoms with Gasteiger partial charge in [-0.2, -0.15) is 0 Å². The zero-order valence-corrected chi connectivity index (χ0v) is 16.8. The van der Waals surface area contributed by atoms with Gasteiger partial charge < -0.3 is 19.5 Å². The van der Waals surface area contributed by atoms with Gasteiger partial charge in [0.1, 0.15) is 22.6 Å². The zero-order chi connectivity index (χ0) is 19.6. The molecule has 0 saturated heterocycles. The Morgan fingerprint density at radius 3 is 2.28 bits per heavy atom. The van der Waals surface area contributed by atoms with Crippen molar-refractivity contribution in [3.63, 3.8) is 0 Å². The molecule has 142 valence electrons. The molecule has 0 aromatic carbocycles. The maximum atomic E-state index is 12.8. The fourth-order valence-corrected chi connectivity index (χ4v) is 2.37. The molecular weight excluding hydrogens is 322 g/mol. The van der Waals surface area contributed by atoms with E-state index < -0.39 is 11.7 Å². The molecule has 1 unspecified atom stereocenters. The second-order valence-electron chi connectivity index (χ2n) is 8.45. The van der Waals surface area contributed by atoms with Crippen LogP contribution in [0.25, 0.3) is 0 Å². The van der Waals surface area contributed by atoms with Gasteiger partial charge in [-0.25, -0.2) is 4.79 Å². The van der Waals surface area contributed by atoms with E-state index >= 15 is 0 Å². The Bertz CT molecular complexity index is 623. The minimum Gasteiger partial charge on any atom is -0.444 e. The van der Waals surface area contributed by atoms with Crippen LogP contribution in [-0.4, -0.2) is 47.3 Å². The lowest BCUT2D eigenvalue weighted by atomic mass is 9.88. The van der Waals surface area contributed by atoms with Crippen molar-refractivity contribution in [2.45, 2.75) is 72.4 Å². The molecule has 1 atom stereocenters. The summed E-state index contributed by atoms with van der Waals surface area (Å²) in [7, 11) is 1.69. The average molecular weight is 353 g/mol. The smallest absolute Gasteiger partial charge is 0.407 e. The third-order valence-electron chi connectivity index (χ3n) is 3.44. The number of nitrogens with one attached hydrogen (secondary N) is 1. The summed E-state index contributed by atoms with van der Waals surface area (Å²) in [6.45, 7) is 15.2. The maximum Gasteiger partial charge on any atom is 0.407 e. The highest BCUT2D eigenvalue weighted by molar-refractivity contribution is 5.96. The molecule has 0 radical (unpaired) electrons. The number of hydrogen-bond donors (Lipinski definition) is 1. The Morgan fingerprint density at radius 2 is 1.80 bits per heavy atom. The van der Waals surface area contributed by atoms with Gasteiger partial charge in [0.15, 0.2) is 0 Å². The van der Waals surface area contributed by atoms with Gasteiger partial charge in [0, 0.05) is 25.0 Å². The monoisotopic (exact) mass is 353 g/mol. The third-order valence-corrected chi connectivity index (χ3v) is 3.44. The third kappa shape index (κ3) is 6.07. The van der Waals surface area contributed by atoms with Gasteiger partial charge in [0.25, 0.3) is 5.91 Å². The van der Waals surface area contributed by atoms with Gasteiger partial charge in [-0.15, -0.1) is 0 Å². The fraction of sp³-hybridized carbons (Fsp3) is 0.722. The molecule has 1 heterocycles. The lowest BCUT2D eigenvalue weighted by Crippen LogP contribution is -2.44. The van der Waals surface area contributed by atoms with Gasteiger partial charge in [0.05, 0.1) is 0 Å². The van der Waals surface area contributed by atoms with Crippen molar-refractivity contribution in [1.82, 2.24) is 15.4 Å². The van der Waals surface area contributed by atoms with Gasteiger partial charge in [0.2, 0.25) is 0 Å². The maximum absolute atomic E-state index is 12.8. The van der Waals surface area contributed by atoms with E-state index in [0.717, 1.165) is 0 Å². The molecule has 7 nitrogen and oxygen atoms in total. The highest BCUT2D eigenvalue weighted by atomic mass is 16.6. The van der Waals surface area contributed by atoms with E-state index in [1.54, 1.807) is 39.6 Å². The Labute approximate surface area is 150 Å². The van der Waals surface area contributed by atoms with E-state index in [0.29, 0.717) is 23.6 Å². The van der Waals surface area contributed by atoms with E-state index in [4.69, 9.17) is 9.26 Å². The predicted molar refractivity (Wildman–Crippen MR) is 95.7 cm³/mol. The largest absolute Gasteiger partial charge is 0.444 e. The van der Waals surface area contributed by atoms with Gasteiger partial charge in [-0.1, -0.05) is 25.9 Å². The van der Waals surface area contributed by atoms with Gasteiger partial charge in [-0.3, -0.25) is 4.79 Å². The van der Waals surface area contributed by atoms with Gasteiger partial charge >= 0.3 is 6.09 Å². The number of alkyl carbamates (subject to hydrolysis) is 1. The van der Waals surface area contributed by atoms with Crippen LogP contribution in [0.1, 0.15) is 70.3 Å². The lowest BCUT2D eigenvalue weighted by Gasteiger charge is -2.25. The van der Waals surface area contributed by atoms with Gasteiger partial charge in [-0.05, 0) is 34.6 Å². The number of hydrogen-bond acceptors (Lipinski definition) is 5. The summed E-state index contributed by atoms with van der Waals surface area (Å²) < 4.78 is 10.5. The number of likely N-dealkylation sites (N-methyl/N-ethyl adjacent to an activating group) is 1. The molecule has 1 aromatic heterocycles. The van der Waals surface area contributed by atoms with Crippen LogP contribution in [0, 0.1) is 6.92 Å². The molecule has 0 spiro atoms. The molecule has 1 N–H and O–H groups in total. The Morgan fingerprint density at radius 1 is 1.24 bits per heavy atom.